The summed E-state index contributed by atoms with van der Waals surface area (Å²) in [4.78, 5) is 28.3. The third-order valence-electron chi connectivity index (χ3n) is 5.48. The van der Waals surface area contributed by atoms with E-state index in [1.54, 1.807) is 24.3 Å². The molecule has 0 heterocycles. The molecule has 3 aromatic carbocycles. The van der Waals surface area contributed by atoms with Crippen LogP contribution in [0.25, 0.3) is 0 Å². The molecule has 0 spiro atoms. The van der Waals surface area contributed by atoms with Gasteiger partial charge in [0.25, 0.3) is 5.91 Å². The fourth-order valence-electron chi connectivity index (χ4n) is 3.60. The van der Waals surface area contributed by atoms with E-state index in [-0.39, 0.29) is 30.5 Å². The SMILES string of the molecule is CC(C)CNC(=O)[C@@H](Cc1ccccc1)N(Cc1ccc(Cl)c(Cl)c1)C(=O)COc1ccccc1F. The molecule has 0 radical (unpaired) electrons. The minimum absolute atomic E-state index is 0.0378. The summed E-state index contributed by atoms with van der Waals surface area (Å²) in [7, 11) is 0. The monoisotopic (exact) mass is 530 g/mol. The number of hydrogen-bond donors (Lipinski definition) is 1. The molecule has 3 rings (SSSR count). The van der Waals surface area contributed by atoms with Gasteiger partial charge in [-0.1, -0.05) is 85.6 Å². The summed E-state index contributed by atoms with van der Waals surface area (Å²) >= 11 is 12.3. The van der Waals surface area contributed by atoms with Crippen LogP contribution in [0.5, 0.6) is 5.75 Å². The van der Waals surface area contributed by atoms with Crippen molar-refractivity contribution in [3.05, 3.63) is 99.8 Å². The van der Waals surface area contributed by atoms with E-state index in [2.05, 4.69) is 5.32 Å². The molecule has 0 unspecified atom stereocenters. The number of amides is 2. The molecule has 0 saturated heterocycles. The summed E-state index contributed by atoms with van der Waals surface area (Å²) in [5.41, 5.74) is 1.59. The Balaban J connectivity index is 1.93. The number of benzene rings is 3. The third kappa shape index (κ3) is 7.97. The Morgan fingerprint density at radius 2 is 1.64 bits per heavy atom. The van der Waals surface area contributed by atoms with Gasteiger partial charge in [0.2, 0.25) is 5.91 Å². The largest absolute Gasteiger partial charge is 0.481 e. The van der Waals surface area contributed by atoms with Crippen molar-refractivity contribution in [3.8, 4) is 5.75 Å². The summed E-state index contributed by atoms with van der Waals surface area (Å²) in [5, 5.41) is 3.67. The second kappa shape index (κ2) is 13.3. The van der Waals surface area contributed by atoms with E-state index < -0.39 is 24.4 Å². The molecule has 8 heteroatoms. The van der Waals surface area contributed by atoms with Crippen LogP contribution in [0.2, 0.25) is 10.0 Å². The first-order chi connectivity index (χ1) is 17.2. The van der Waals surface area contributed by atoms with Crippen molar-refractivity contribution in [1.82, 2.24) is 10.2 Å². The van der Waals surface area contributed by atoms with E-state index in [1.807, 2.05) is 44.2 Å². The first kappa shape index (κ1) is 27.5. The summed E-state index contributed by atoms with van der Waals surface area (Å²) in [6.07, 6.45) is 0.289. The Hall–Kier alpha value is -3.09. The van der Waals surface area contributed by atoms with Gasteiger partial charge >= 0.3 is 0 Å². The van der Waals surface area contributed by atoms with Crippen LogP contribution in [0.3, 0.4) is 0 Å². The predicted octanol–water partition coefficient (Wildman–Crippen LogP) is 5.92. The van der Waals surface area contributed by atoms with Crippen molar-refractivity contribution in [2.24, 2.45) is 5.92 Å². The fraction of sp³-hybridized carbons (Fsp3) is 0.286. The van der Waals surface area contributed by atoms with Crippen LogP contribution < -0.4 is 10.1 Å². The minimum atomic E-state index is -0.836. The molecular weight excluding hydrogens is 502 g/mol. The predicted molar refractivity (Wildman–Crippen MR) is 141 cm³/mol. The Kier molecular flexibility index (Phi) is 10.1. The van der Waals surface area contributed by atoms with E-state index in [0.717, 1.165) is 5.56 Å². The number of halogens is 3. The van der Waals surface area contributed by atoms with Gasteiger partial charge in [-0.05, 0) is 41.3 Å². The molecule has 0 aliphatic rings. The summed E-state index contributed by atoms with van der Waals surface area (Å²) in [6, 6.07) is 19.5. The van der Waals surface area contributed by atoms with Crippen LogP contribution >= 0.6 is 23.2 Å². The van der Waals surface area contributed by atoms with Crippen LogP contribution in [-0.4, -0.2) is 35.9 Å². The first-order valence-corrected chi connectivity index (χ1v) is 12.4. The Morgan fingerprint density at radius 1 is 0.944 bits per heavy atom. The molecular formula is C28H29Cl2FN2O3. The van der Waals surface area contributed by atoms with Crippen LogP contribution in [-0.2, 0) is 22.6 Å². The molecule has 0 bridgehead atoms. The molecule has 190 valence electrons. The normalized spacial score (nSPS) is 11.7. The quantitative estimate of drug-likeness (QED) is 0.334. The second-order valence-corrected chi connectivity index (χ2v) is 9.65. The molecule has 3 aromatic rings. The highest BCUT2D eigenvalue weighted by Gasteiger charge is 2.31. The number of nitrogens with zero attached hydrogens (tertiary/aromatic N) is 1. The zero-order chi connectivity index (χ0) is 26.1. The smallest absolute Gasteiger partial charge is 0.261 e. The summed E-state index contributed by atoms with van der Waals surface area (Å²) in [6.45, 7) is 4.10. The van der Waals surface area contributed by atoms with Crippen LogP contribution in [0.4, 0.5) is 4.39 Å². The number of hydrogen-bond acceptors (Lipinski definition) is 3. The van der Waals surface area contributed by atoms with Gasteiger partial charge in [0.05, 0.1) is 10.0 Å². The molecule has 5 nitrogen and oxygen atoms in total. The van der Waals surface area contributed by atoms with E-state index in [1.165, 1.54) is 23.1 Å². The average Bonchev–Trinajstić information content (AvgIpc) is 2.86. The minimum Gasteiger partial charge on any atom is -0.481 e. The topological polar surface area (TPSA) is 58.6 Å². The van der Waals surface area contributed by atoms with Gasteiger partial charge in [-0.15, -0.1) is 0 Å². The highest BCUT2D eigenvalue weighted by molar-refractivity contribution is 6.42. The highest BCUT2D eigenvalue weighted by Crippen LogP contribution is 2.24. The van der Waals surface area contributed by atoms with Crippen molar-refractivity contribution in [2.75, 3.05) is 13.2 Å². The first-order valence-electron chi connectivity index (χ1n) is 11.7. The Labute approximate surface area is 221 Å². The maximum absolute atomic E-state index is 14.1. The lowest BCUT2D eigenvalue weighted by Gasteiger charge is -2.31. The molecule has 0 aromatic heterocycles. The van der Waals surface area contributed by atoms with Crippen LogP contribution in [0, 0.1) is 11.7 Å². The summed E-state index contributed by atoms with van der Waals surface area (Å²) < 4.78 is 19.6. The van der Waals surface area contributed by atoms with E-state index in [4.69, 9.17) is 27.9 Å². The molecule has 0 fully saturated rings. The van der Waals surface area contributed by atoms with Gasteiger partial charge in [0, 0.05) is 19.5 Å². The molecule has 36 heavy (non-hydrogen) atoms. The number of ether oxygens (including phenoxy) is 1. The van der Waals surface area contributed by atoms with Gasteiger partial charge in [-0.3, -0.25) is 9.59 Å². The van der Waals surface area contributed by atoms with Crippen molar-refractivity contribution < 1.29 is 18.7 Å². The van der Waals surface area contributed by atoms with E-state index in [0.29, 0.717) is 22.2 Å². The van der Waals surface area contributed by atoms with Gasteiger partial charge in [0.15, 0.2) is 18.2 Å². The van der Waals surface area contributed by atoms with Crippen molar-refractivity contribution in [1.29, 1.82) is 0 Å². The average molecular weight is 531 g/mol. The van der Waals surface area contributed by atoms with Gasteiger partial charge < -0.3 is 15.0 Å². The lowest BCUT2D eigenvalue weighted by atomic mass is 10.0. The maximum Gasteiger partial charge on any atom is 0.261 e. The van der Waals surface area contributed by atoms with E-state index >= 15 is 0 Å². The van der Waals surface area contributed by atoms with Gasteiger partial charge in [-0.25, -0.2) is 4.39 Å². The zero-order valence-corrected chi connectivity index (χ0v) is 21.7. The van der Waals surface area contributed by atoms with Crippen LogP contribution in [0.15, 0.2) is 72.8 Å². The van der Waals surface area contributed by atoms with Crippen molar-refractivity contribution in [3.63, 3.8) is 0 Å². The third-order valence-corrected chi connectivity index (χ3v) is 6.22. The molecule has 2 amide bonds. The molecule has 0 saturated carbocycles. The zero-order valence-electron chi connectivity index (χ0n) is 20.2. The maximum atomic E-state index is 14.1. The number of nitrogens with one attached hydrogen (secondary N) is 1. The second-order valence-electron chi connectivity index (χ2n) is 8.83. The number of carbonyl (C=O) groups excluding carboxylic acids is 2. The van der Waals surface area contributed by atoms with Gasteiger partial charge in [-0.2, -0.15) is 0 Å². The molecule has 0 aliphatic heterocycles. The Bertz CT molecular complexity index is 1170. The lowest BCUT2D eigenvalue weighted by Crippen LogP contribution is -2.52. The number of carbonyl (C=O) groups is 2. The standard InChI is InChI=1S/C28H29Cl2FN2O3/c1-19(2)16-32-28(35)25(15-20-8-4-3-5-9-20)33(17-21-12-13-22(29)23(30)14-21)27(34)18-36-26-11-7-6-10-24(26)31/h3-14,19,25H,15-18H2,1-2H3,(H,32,35)/t25-/m1/s1. The molecule has 0 aliphatic carbocycles. The number of rotatable bonds is 11. The number of para-hydroxylation sites is 1. The Morgan fingerprint density at radius 3 is 2.31 bits per heavy atom. The molecule has 1 N–H and O–H groups in total. The van der Waals surface area contributed by atoms with E-state index in [9.17, 15) is 14.0 Å². The fourth-order valence-corrected chi connectivity index (χ4v) is 3.92. The van der Waals surface area contributed by atoms with Crippen molar-refractivity contribution >= 4 is 35.0 Å². The highest BCUT2D eigenvalue weighted by atomic mass is 35.5. The van der Waals surface area contributed by atoms with Crippen molar-refractivity contribution in [2.45, 2.75) is 32.9 Å². The van der Waals surface area contributed by atoms with Gasteiger partial charge in [0.1, 0.15) is 6.04 Å². The lowest BCUT2D eigenvalue weighted by molar-refractivity contribution is -0.142. The van der Waals surface area contributed by atoms with Crippen LogP contribution in [0.1, 0.15) is 25.0 Å². The molecule has 1 atom stereocenters. The summed E-state index contributed by atoms with van der Waals surface area (Å²) in [5.74, 6) is -1.13.